The average molecular weight is 602 g/mol. The minimum absolute atomic E-state index is 0.211. The van der Waals surface area contributed by atoms with Crippen molar-refractivity contribution >= 4 is 17.8 Å². The second kappa shape index (κ2) is 17.1. The molecule has 0 aliphatic carbocycles. The minimum Gasteiger partial charge on any atom is -0.494 e. The quantitative estimate of drug-likeness (QED) is 0.149. The van der Waals surface area contributed by atoms with Gasteiger partial charge in [-0.2, -0.15) is 0 Å². The van der Waals surface area contributed by atoms with Gasteiger partial charge in [0.15, 0.2) is 0 Å². The fourth-order valence-electron chi connectivity index (χ4n) is 5.38. The number of hydrogen-bond donors (Lipinski definition) is 0. The van der Waals surface area contributed by atoms with E-state index >= 15 is 0 Å². The van der Waals surface area contributed by atoms with E-state index in [1.165, 1.54) is 31.4 Å². The molecular formula is C36H43NO7. The Morgan fingerprint density at radius 2 is 1.41 bits per heavy atom. The molecule has 8 nitrogen and oxygen atoms in total. The van der Waals surface area contributed by atoms with E-state index in [1.807, 2.05) is 18.2 Å². The number of ether oxygens (including phenoxy) is 4. The van der Waals surface area contributed by atoms with E-state index in [9.17, 15) is 14.4 Å². The maximum absolute atomic E-state index is 13.5. The molecule has 234 valence electrons. The summed E-state index contributed by atoms with van der Waals surface area (Å²) in [5.41, 5.74) is 3.15. The number of carbonyl (C=O) groups excluding carboxylic acids is 3. The number of rotatable bonds is 15. The van der Waals surface area contributed by atoms with Crippen LogP contribution in [0, 0.1) is 5.92 Å². The number of nitrogens with zero attached hydrogens (tertiary/aromatic N) is 1. The molecule has 8 heteroatoms. The average Bonchev–Trinajstić information content (AvgIpc) is 3.08. The Morgan fingerprint density at radius 3 is 2.11 bits per heavy atom. The summed E-state index contributed by atoms with van der Waals surface area (Å²) < 4.78 is 21.7. The minimum atomic E-state index is -0.523. The Bertz CT molecular complexity index is 1350. The highest BCUT2D eigenvalue weighted by Crippen LogP contribution is 2.26. The summed E-state index contributed by atoms with van der Waals surface area (Å²) in [7, 11) is 2.68. The molecule has 0 atom stereocenters. The molecule has 0 unspecified atom stereocenters. The molecule has 1 saturated heterocycles. The summed E-state index contributed by atoms with van der Waals surface area (Å²) >= 11 is 0. The highest BCUT2D eigenvalue weighted by atomic mass is 16.5. The molecule has 0 bridgehead atoms. The first-order chi connectivity index (χ1) is 21.5. The van der Waals surface area contributed by atoms with Crippen molar-refractivity contribution in [2.24, 2.45) is 5.92 Å². The zero-order chi connectivity index (χ0) is 31.1. The number of piperidine rings is 1. The van der Waals surface area contributed by atoms with Crippen LogP contribution >= 0.6 is 0 Å². The fraction of sp³-hybridized carbons (Fsp3) is 0.417. The maximum Gasteiger partial charge on any atom is 0.337 e. The first kappa shape index (κ1) is 32.6. The number of hydrogen-bond acceptors (Lipinski definition) is 7. The van der Waals surface area contributed by atoms with Crippen molar-refractivity contribution in [1.82, 2.24) is 4.90 Å². The van der Waals surface area contributed by atoms with Crippen molar-refractivity contribution in [1.29, 1.82) is 0 Å². The van der Waals surface area contributed by atoms with Gasteiger partial charge in [-0.3, -0.25) is 9.59 Å². The lowest BCUT2D eigenvalue weighted by Crippen LogP contribution is -2.40. The molecule has 3 aromatic carbocycles. The lowest BCUT2D eigenvalue weighted by atomic mass is 9.96. The van der Waals surface area contributed by atoms with Crippen LogP contribution < -0.4 is 9.47 Å². The third kappa shape index (κ3) is 9.59. The van der Waals surface area contributed by atoms with Crippen LogP contribution in [-0.4, -0.2) is 63.3 Å². The molecule has 44 heavy (non-hydrogen) atoms. The van der Waals surface area contributed by atoms with Gasteiger partial charge in [-0.1, -0.05) is 42.5 Å². The van der Waals surface area contributed by atoms with Gasteiger partial charge in [-0.25, -0.2) is 4.79 Å². The van der Waals surface area contributed by atoms with Crippen LogP contribution in [0.5, 0.6) is 11.5 Å². The number of amides is 1. The van der Waals surface area contributed by atoms with E-state index in [0.717, 1.165) is 44.3 Å². The van der Waals surface area contributed by atoms with Crippen LogP contribution in [0.1, 0.15) is 70.4 Å². The Balaban J connectivity index is 1.22. The second-order valence-corrected chi connectivity index (χ2v) is 11.0. The lowest BCUT2D eigenvalue weighted by molar-refractivity contribution is -0.146. The molecule has 1 heterocycles. The molecule has 3 aromatic rings. The molecule has 1 amide bonds. The third-order valence-corrected chi connectivity index (χ3v) is 7.96. The zero-order valence-electron chi connectivity index (χ0n) is 25.8. The number of unbranched alkanes of at least 4 members (excludes halogenated alkanes) is 2. The topological polar surface area (TPSA) is 91.4 Å². The first-order valence-electron chi connectivity index (χ1n) is 15.5. The maximum atomic E-state index is 13.5. The van der Waals surface area contributed by atoms with Crippen LogP contribution in [-0.2, 0) is 27.1 Å². The molecule has 0 spiro atoms. The molecular weight excluding hydrogens is 558 g/mol. The largest absolute Gasteiger partial charge is 0.494 e. The molecule has 1 aliphatic heterocycles. The molecule has 1 aliphatic rings. The van der Waals surface area contributed by atoms with E-state index in [-0.39, 0.29) is 23.4 Å². The zero-order valence-corrected chi connectivity index (χ0v) is 25.8. The Kier molecular flexibility index (Phi) is 12.7. The van der Waals surface area contributed by atoms with Crippen LogP contribution in [0.3, 0.4) is 0 Å². The number of esters is 2. The van der Waals surface area contributed by atoms with Gasteiger partial charge in [0.25, 0.3) is 5.91 Å². The monoisotopic (exact) mass is 601 g/mol. The molecule has 0 saturated carbocycles. The molecule has 0 radical (unpaired) electrons. The smallest absolute Gasteiger partial charge is 0.337 e. The normalized spacial score (nSPS) is 13.3. The third-order valence-electron chi connectivity index (χ3n) is 7.96. The van der Waals surface area contributed by atoms with Crippen molar-refractivity contribution in [3.63, 3.8) is 0 Å². The van der Waals surface area contributed by atoms with Crippen LogP contribution in [0.15, 0.2) is 72.8 Å². The Labute approximate surface area is 260 Å². The van der Waals surface area contributed by atoms with Crippen molar-refractivity contribution in [3.05, 3.63) is 95.1 Å². The van der Waals surface area contributed by atoms with Gasteiger partial charge in [0, 0.05) is 13.1 Å². The molecule has 0 aromatic heterocycles. The van der Waals surface area contributed by atoms with Gasteiger partial charge < -0.3 is 23.8 Å². The van der Waals surface area contributed by atoms with Crippen LogP contribution in [0.25, 0.3) is 0 Å². The second-order valence-electron chi connectivity index (χ2n) is 11.0. The van der Waals surface area contributed by atoms with E-state index in [0.29, 0.717) is 50.5 Å². The van der Waals surface area contributed by atoms with Crippen LogP contribution in [0.4, 0.5) is 0 Å². The predicted molar refractivity (Wildman–Crippen MR) is 168 cm³/mol. The van der Waals surface area contributed by atoms with Gasteiger partial charge in [0.05, 0.1) is 44.5 Å². The van der Waals surface area contributed by atoms with Gasteiger partial charge in [0.1, 0.15) is 11.5 Å². The summed E-state index contributed by atoms with van der Waals surface area (Å²) in [4.78, 5) is 39.2. The summed E-state index contributed by atoms with van der Waals surface area (Å²) in [5.74, 6) is 0.0761. The lowest BCUT2D eigenvalue weighted by Gasteiger charge is -2.31. The van der Waals surface area contributed by atoms with Gasteiger partial charge >= 0.3 is 11.9 Å². The Morgan fingerprint density at radius 1 is 0.727 bits per heavy atom. The summed E-state index contributed by atoms with van der Waals surface area (Å²) in [5, 5.41) is 0. The van der Waals surface area contributed by atoms with Crippen LogP contribution in [0.2, 0.25) is 0 Å². The van der Waals surface area contributed by atoms with Crippen molar-refractivity contribution in [3.8, 4) is 11.5 Å². The number of carbonyl (C=O) groups is 3. The van der Waals surface area contributed by atoms with Gasteiger partial charge in [-0.15, -0.1) is 0 Å². The van der Waals surface area contributed by atoms with E-state index < -0.39 is 5.97 Å². The number of aryl methyl sites for hydroxylation is 2. The first-order valence-corrected chi connectivity index (χ1v) is 15.5. The highest BCUT2D eigenvalue weighted by Gasteiger charge is 2.30. The molecule has 1 fully saturated rings. The SMILES string of the molecule is COC(=O)c1ccc(OCCCc2ccc(OCCCCCc3ccccc3)cc2)c(C(=O)N2CCC(C(=O)OC)CC2)c1. The van der Waals surface area contributed by atoms with E-state index in [4.69, 9.17) is 18.9 Å². The van der Waals surface area contributed by atoms with Crippen molar-refractivity contribution < 1.29 is 33.3 Å². The van der Waals surface area contributed by atoms with Crippen molar-refractivity contribution in [2.45, 2.75) is 51.4 Å². The van der Waals surface area contributed by atoms with Gasteiger partial charge in [0.2, 0.25) is 0 Å². The van der Waals surface area contributed by atoms with E-state index in [1.54, 1.807) is 17.0 Å². The molecule has 4 rings (SSSR count). The van der Waals surface area contributed by atoms with Gasteiger partial charge in [-0.05, 0) is 92.8 Å². The molecule has 0 N–H and O–H groups in total. The summed E-state index contributed by atoms with van der Waals surface area (Å²) in [6.45, 7) is 1.97. The Hall–Kier alpha value is -4.33. The van der Waals surface area contributed by atoms with Crippen molar-refractivity contribution in [2.75, 3.05) is 40.5 Å². The standard InChI is InChI=1S/C36H43NO7/c1-41-35(39)29-20-22-37(23-21-29)34(38)32-26-30(36(40)42-2)16-19-33(32)44-25-9-13-28-14-17-31(18-15-28)43-24-8-4-7-12-27-10-5-3-6-11-27/h3,5-6,10-11,14-19,26,29H,4,7-9,12-13,20-25H2,1-2H3. The number of likely N-dealkylation sites (tertiary alicyclic amines) is 1. The highest BCUT2D eigenvalue weighted by molar-refractivity contribution is 6.00. The predicted octanol–water partition coefficient (Wildman–Crippen LogP) is 6.30. The number of methoxy groups -OCH3 is 2. The fourth-order valence-corrected chi connectivity index (χ4v) is 5.38. The summed E-state index contributed by atoms with van der Waals surface area (Å²) in [6, 6.07) is 23.5. The number of benzene rings is 3. The van der Waals surface area contributed by atoms with E-state index in [2.05, 4.69) is 36.4 Å². The summed E-state index contributed by atoms with van der Waals surface area (Å²) in [6.07, 6.45) is 7.06.